The SMILES string of the molecule is CC(O)(C(=O)Nc1ccc([C@H](O)c2ccccc2)cc1)C(F)(F)F. The number of hydrogen-bond donors (Lipinski definition) is 3. The number of carbonyl (C=O) groups is 1. The molecule has 0 heterocycles. The van der Waals surface area contributed by atoms with E-state index in [9.17, 15) is 28.2 Å². The molecule has 0 saturated heterocycles. The molecule has 2 aromatic carbocycles. The van der Waals surface area contributed by atoms with E-state index >= 15 is 0 Å². The molecule has 0 bridgehead atoms. The minimum absolute atomic E-state index is 0.0773. The Morgan fingerprint density at radius 1 is 1.00 bits per heavy atom. The van der Waals surface area contributed by atoms with E-state index in [2.05, 4.69) is 0 Å². The zero-order valence-corrected chi connectivity index (χ0v) is 12.7. The Morgan fingerprint density at radius 2 is 1.50 bits per heavy atom. The summed E-state index contributed by atoms with van der Waals surface area (Å²) in [5.41, 5.74) is -2.24. The van der Waals surface area contributed by atoms with Crippen LogP contribution in [-0.2, 0) is 4.79 Å². The van der Waals surface area contributed by atoms with E-state index in [0.717, 1.165) is 0 Å². The normalized spacial score (nSPS) is 15.4. The number of halogens is 3. The molecule has 1 amide bonds. The molecular weight excluding hydrogens is 323 g/mol. The number of amides is 1. The van der Waals surface area contributed by atoms with E-state index in [-0.39, 0.29) is 5.69 Å². The van der Waals surface area contributed by atoms with Crippen LogP contribution in [0.3, 0.4) is 0 Å². The zero-order valence-electron chi connectivity index (χ0n) is 12.7. The van der Waals surface area contributed by atoms with E-state index in [1.54, 1.807) is 30.3 Å². The van der Waals surface area contributed by atoms with E-state index < -0.39 is 23.8 Å². The van der Waals surface area contributed by atoms with Gasteiger partial charge in [-0.05, 0) is 30.2 Å². The average Bonchev–Trinajstić information content (AvgIpc) is 2.54. The number of aliphatic hydroxyl groups is 2. The molecule has 0 saturated carbocycles. The van der Waals surface area contributed by atoms with Crippen molar-refractivity contribution in [3.63, 3.8) is 0 Å². The van der Waals surface area contributed by atoms with Gasteiger partial charge >= 0.3 is 6.18 Å². The van der Waals surface area contributed by atoms with Gasteiger partial charge in [0.05, 0.1) is 0 Å². The van der Waals surface area contributed by atoms with E-state index in [0.29, 0.717) is 18.1 Å². The highest BCUT2D eigenvalue weighted by atomic mass is 19.4. The molecule has 0 aliphatic carbocycles. The quantitative estimate of drug-likeness (QED) is 0.802. The summed E-state index contributed by atoms with van der Waals surface area (Å²) in [6.45, 7) is 0.385. The van der Waals surface area contributed by atoms with Crippen molar-refractivity contribution in [2.24, 2.45) is 0 Å². The average molecular weight is 339 g/mol. The number of rotatable bonds is 4. The van der Waals surface area contributed by atoms with Crippen molar-refractivity contribution in [1.29, 1.82) is 0 Å². The van der Waals surface area contributed by atoms with Crippen LogP contribution in [0.15, 0.2) is 54.6 Å². The molecule has 0 fully saturated rings. The Morgan fingerprint density at radius 3 is 2.00 bits per heavy atom. The van der Waals surface area contributed by atoms with Crippen molar-refractivity contribution in [1.82, 2.24) is 0 Å². The minimum Gasteiger partial charge on any atom is -0.384 e. The van der Waals surface area contributed by atoms with E-state index in [4.69, 9.17) is 0 Å². The van der Waals surface area contributed by atoms with Gasteiger partial charge in [-0.1, -0.05) is 42.5 Å². The molecular formula is C17H16F3NO3. The van der Waals surface area contributed by atoms with Gasteiger partial charge in [0.1, 0.15) is 6.10 Å². The fourth-order valence-electron chi connectivity index (χ4n) is 1.96. The van der Waals surface area contributed by atoms with Crippen LogP contribution in [0.1, 0.15) is 24.2 Å². The summed E-state index contributed by atoms with van der Waals surface area (Å²) in [5, 5.41) is 21.5. The first-order chi connectivity index (χ1) is 11.1. The van der Waals surface area contributed by atoms with Gasteiger partial charge < -0.3 is 15.5 Å². The Hall–Kier alpha value is -2.38. The molecule has 0 aliphatic rings. The highest BCUT2D eigenvalue weighted by molar-refractivity contribution is 5.97. The first-order valence-corrected chi connectivity index (χ1v) is 7.06. The Balaban J connectivity index is 2.12. The zero-order chi connectivity index (χ0) is 18.0. The van der Waals surface area contributed by atoms with Crippen molar-refractivity contribution in [2.75, 3.05) is 5.32 Å². The van der Waals surface area contributed by atoms with Crippen LogP contribution in [0, 0.1) is 0 Å². The Kier molecular flexibility index (Phi) is 4.96. The monoisotopic (exact) mass is 339 g/mol. The number of alkyl halides is 3. The van der Waals surface area contributed by atoms with Crippen LogP contribution in [0.2, 0.25) is 0 Å². The molecule has 2 atom stereocenters. The number of carbonyl (C=O) groups excluding carboxylic acids is 1. The van der Waals surface area contributed by atoms with E-state index in [1.807, 2.05) is 5.32 Å². The lowest BCUT2D eigenvalue weighted by Gasteiger charge is -2.24. The van der Waals surface area contributed by atoms with Crippen molar-refractivity contribution < 1.29 is 28.2 Å². The third kappa shape index (κ3) is 3.74. The Bertz CT molecular complexity index is 697. The summed E-state index contributed by atoms with van der Waals surface area (Å²) < 4.78 is 37.8. The van der Waals surface area contributed by atoms with Crippen LogP contribution in [0.4, 0.5) is 18.9 Å². The summed E-state index contributed by atoms with van der Waals surface area (Å²) in [5.74, 6) is -1.58. The van der Waals surface area contributed by atoms with Gasteiger partial charge in [-0.3, -0.25) is 4.79 Å². The van der Waals surface area contributed by atoms with Crippen LogP contribution in [0.5, 0.6) is 0 Å². The molecule has 7 heteroatoms. The molecule has 3 N–H and O–H groups in total. The second-order valence-corrected chi connectivity index (χ2v) is 5.46. The van der Waals surface area contributed by atoms with Crippen LogP contribution in [-0.4, -0.2) is 27.9 Å². The van der Waals surface area contributed by atoms with Gasteiger partial charge in [0.15, 0.2) is 0 Å². The van der Waals surface area contributed by atoms with E-state index in [1.165, 1.54) is 24.3 Å². The summed E-state index contributed by atoms with van der Waals surface area (Å²) in [7, 11) is 0. The van der Waals surface area contributed by atoms with Crippen molar-refractivity contribution >= 4 is 11.6 Å². The van der Waals surface area contributed by atoms with Crippen LogP contribution < -0.4 is 5.32 Å². The predicted octanol–water partition coefficient (Wildman–Crippen LogP) is 3.02. The maximum Gasteiger partial charge on any atom is 0.426 e. The molecule has 0 aliphatic heterocycles. The molecule has 24 heavy (non-hydrogen) atoms. The standard InChI is InChI=1S/C17H16F3NO3/c1-16(24,17(18,19)20)15(23)21-13-9-7-12(8-10-13)14(22)11-5-3-2-4-6-11/h2-10,14,22,24H,1H3,(H,21,23)/t14-,16?/m1/s1. The van der Waals surface area contributed by atoms with Gasteiger partial charge in [0.25, 0.3) is 5.91 Å². The number of hydrogen-bond acceptors (Lipinski definition) is 3. The lowest BCUT2D eigenvalue weighted by Crippen LogP contribution is -2.52. The van der Waals surface area contributed by atoms with Crippen molar-refractivity contribution in [2.45, 2.75) is 24.8 Å². The summed E-state index contributed by atoms with van der Waals surface area (Å²) in [4.78, 5) is 11.6. The molecule has 0 radical (unpaired) electrons. The molecule has 1 unspecified atom stereocenters. The second-order valence-electron chi connectivity index (χ2n) is 5.46. The third-order valence-corrected chi connectivity index (χ3v) is 3.59. The van der Waals surface area contributed by atoms with Crippen molar-refractivity contribution in [3.8, 4) is 0 Å². The number of nitrogens with one attached hydrogen (secondary N) is 1. The maximum atomic E-state index is 12.6. The first kappa shape index (κ1) is 18.0. The van der Waals surface area contributed by atoms with Gasteiger partial charge in [-0.2, -0.15) is 13.2 Å². The summed E-state index contributed by atoms with van der Waals surface area (Å²) in [6.07, 6.45) is -5.98. The van der Waals surface area contributed by atoms with Gasteiger partial charge in [0.2, 0.25) is 5.60 Å². The van der Waals surface area contributed by atoms with Gasteiger partial charge in [-0.15, -0.1) is 0 Å². The lowest BCUT2D eigenvalue weighted by molar-refractivity contribution is -0.242. The maximum absolute atomic E-state index is 12.6. The second kappa shape index (κ2) is 6.62. The fraction of sp³-hybridized carbons (Fsp3) is 0.235. The highest BCUT2D eigenvalue weighted by Gasteiger charge is 2.55. The van der Waals surface area contributed by atoms with Crippen LogP contribution >= 0.6 is 0 Å². The first-order valence-electron chi connectivity index (χ1n) is 7.06. The topological polar surface area (TPSA) is 69.6 Å². The van der Waals surface area contributed by atoms with Gasteiger partial charge in [0, 0.05) is 5.69 Å². The highest BCUT2D eigenvalue weighted by Crippen LogP contribution is 2.31. The third-order valence-electron chi connectivity index (χ3n) is 3.59. The van der Waals surface area contributed by atoms with Crippen molar-refractivity contribution in [3.05, 3.63) is 65.7 Å². The smallest absolute Gasteiger partial charge is 0.384 e. The fourth-order valence-corrected chi connectivity index (χ4v) is 1.96. The number of anilines is 1. The summed E-state index contributed by atoms with van der Waals surface area (Å²) in [6, 6.07) is 14.5. The molecule has 0 aromatic heterocycles. The van der Waals surface area contributed by atoms with Crippen LogP contribution in [0.25, 0.3) is 0 Å². The molecule has 128 valence electrons. The largest absolute Gasteiger partial charge is 0.426 e. The molecule has 4 nitrogen and oxygen atoms in total. The predicted molar refractivity (Wildman–Crippen MR) is 82.3 cm³/mol. The molecule has 2 rings (SSSR count). The Labute approximate surface area is 136 Å². The minimum atomic E-state index is -5.08. The lowest BCUT2D eigenvalue weighted by atomic mass is 10.0. The summed E-state index contributed by atoms with van der Waals surface area (Å²) >= 11 is 0. The molecule has 0 spiro atoms. The molecule has 2 aromatic rings. The van der Waals surface area contributed by atoms with Gasteiger partial charge in [-0.25, -0.2) is 0 Å². The number of benzene rings is 2. The number of aliphatic hydroxyl groups excluding tert-OH is 1.